The van der Waals surface area contributed by atoms with E-state index in [0.717, 1.165) is 44.7 Å². The largest absolute Gasteiger partial charge is 0.355 e. The van der Waals surface area contributed by atoms with Crippen LogP contribution in [-0.4, -0.2) is 61.0 Å². The normalized spacial score (nSPS) is 27.1. The minimum atomic E-state index is 0.229. The Hall–Kier alpha value is -1.39. The molecule has 3 fully saturated rings. The third kappa shape index (κ3) is 4.47. The van der Waals surface area contributed by atoms with E-state index in [0.29, 0.717) is 12.3 Å². The highest BCUT2D eigenvalue weighted by molar-refractivity contribution is 5.76. The molecule has 0 aromatic heterocycles. The van der Waals surface area contributed by atoms with Crippen molar-refractivity contribution < 1.29 is 4.79 Å². The van der Waals surface area contributed by atoms with Crippen LogP contribution in [-0.2, 0) is 4.79 Å². The van der Waals surface area contributed by atoms with Crippen molar-refractivity contribution in [1.82, 2.24) is 15.1 Å². The minimum absolute atomic E-state index is 0.229. The van der Waals surface area contributed by atoms with Crippen LogP contribution in [0.4, 0.5) is 0 Å². The first-order valence-electron chi connectivity index (χ1n) is 10.6. The second-order valence-corrected chi connectivity index (χ2v) is 8.45. The average molecular weight is 356 g/mol. The Morgan fingerprint density at radius 3 is 2.54 bits per heavy atom. The summed E-state index contributed by atoms with van der Waals surface area (Å²) in [5, 5.41) is 3.13. The van der Waals surface area contributed by atoms with Crippen molar-refractivity contribution in [3.63, 3.8) is 0 Å². The molecule has 4 heteroatoms. The summed E-state index contributed by atoms with van der Waals surface area (Å²) in [4.78, 5) is 17.2. The van der Waals surface area contributed by atoms with Gasteiger partial charge in [-0.15, -0.1) is 0 Å². The van der Waals surface area contributed by atoms with Gasteiger partial charge in [0.1, 0.15) is 0 Å². The van der Waals surface area contributed by atoms with Gasteiger partial charge in [0.25, 0.3) is 0 Å². The van der Waals surface area contributed by atoms with E-state index >= 15 is 0 Å². The Balaban J connectivity index is 1.09. The van der Waals surface area contributed by atoms with E-state index in [2.05, 4.69) is 45.4 Å². The second-order valence-electron chi connectivity index (χ2n) is 8.45. The van der Waals surface area contributed by atoms with Gasteiger partial charge in [-0.05, 0) is 62.6 Å². The van der Waals surface area contributed by atoms with E-state index in [1.165, 1.54) is 44.2 Å². The van der Waals surface area contributed by atoms with Gasteiger partial charge in [0.2, 0.25) is 5.91 Å². The van der Waals surface area contributed by atoms with Gasteiger partial charge in [0.15, 0.2) is 0 Å². The number of fused-ring (bicyclic) bond motifs is 2. The SMILES string of the molecule is O=C(CCN1C[C@@H]2CC[C@H]1C2)NCCN1CCC(c2ccccc2)CC1. The number of amides is 1. The van der Waals surface area contributed by atoms with Crippen LogP contribution < -0.4 is 5.32 Å². The first kappa shape index (κ1) is 18.0. The van der Waals surface area contributed by atoms with Crippen molar-refractivity contribution in [3.05, 3.63) is 35.9 Å². The molecule has 1 amide bonds. The molecule has 2 heterocycles. The van der Waals surface area contributed by atoms with Crippen molar-refractivity contribution in [3.8, 4) is 0 Å². The van der Waals surface area contributed by atoms with Crippen LogP contribution in [0, 0.1) is 5.92 Å². The number of hydrogen-bond donors (Lipinski definition) is 1. The lowest BCUT2D eigenvalue weighted by Gasteiger charge is -2.32. The summed E-state index contributed by atoms with van der Waals surface area (Å²) < 4.78 is 0. The number of rotatable bonds is 7. The molecule has 1 aromatic carbocycles. The zero-order valence-corrected chi connectivity index (χ0v) is 15.9. The number of carbonyl (C=O) groups is 1. The number of benzene rings is 1. The topological polar surface area (TPSA) is 35.6 Å². The molecule has 1 aliphatic carbocycles. The summed E-state index contributed by atoms with van der Waals surface area (Å²) in [5.74, 6) is 1.85. The standard InChI is InChI=1S/C22H33N3O/c26-22(10-14-25-17-18-6-7-21(25)16-18)23-11-15-24-12-8-20(9-13-24)19-4-2-1-3-5-19/h1-5,18,20-21H,6-17H2,(H,23,26)/t18-,21+/m1/s1. The molecule has 0 unspecified atom stereocenters. The number of hydrogen-bond acceptors (Lipinski definition) is 3. The third-order valence-electron chi connectivity index (χ3n) is 6.76. The van der Waals surface area contributed by atoms with Crippen LogP contribution in [0.1, 0.15) is 50.0 Å². The van der Waals surface area contributed by atoms with E-state index in [-0.39, 0.29) is 5.91 Å². The summed E-state index contributed by atoms with van der Waals surface area (Å²) in [6, 6.07) is 11.7. The molecule has 2 bridgehead atoms. The van der Waals surface area contributed by atoms with Crippen LogP contribution in [0.15, 0.2) is 30.3 Å². The van der Waals surface area contributed by atoms with Gasteiger partial charge in [-0.1, -0.05) is 30.3 Å². The van der Waals surface area contributed by atoms with Gasteiger partial charge >= 0.3 is 0 Å². The lowest BCUT2D eigenvalue weighted by atomic mass is 9.89. The number of nitrogens with one attached hydrogen (secondary N) is 1. The Morgan fingerprint density at radius 2 is 1.85 bits per heavy atom. The molecule has 0 radical (unpaired) electrons. The minimum Gasteiger partial charge on any atom is -0.355 e. The summed E-state index contributed by atoms with van der Waals surface area (Å²) in [5.41, 5.74) is 1.48. The number of piperidine rings is 2. The van der Waals surface area contributed by atoms with Crippen LogP contribution in [0.5, 0.6) is 0 Å². The summed E-state index contributed by atoms with van der Waals surface area (Å²) in [7, 11) is 0. The van der Waals surface area contributed by atoms with Crippen molar-refractivity contribution in [2.24, 2.45) is 5.92 Å². The molecule has 1 N–H and O–H groups in total. The van der Waals surface area contributed by atoms with E-state index in [4.69, 9.17) is 0 Å². The molecule has 0 spiro atoms. The molecule has 4 rings (SSSR count). The molecular formula is C22H33N3O. The highest BCUT2D eigenvalue weighted by Gasteiger charge is 2.37. The Kier molecular flexibility index (Phi) is 5.91. The van der Waals surface area contributed by atoms with Gasteiger partial charge in [-0.3, -0.25) is 9.69 Å². The van der Waals surface area contributed by atoms with Crippen LogP contribution in [0.3, 0.4) is 0 Å². The monoisotopic (exact) mass is 355 g/mol. The van der Waals surface area contributed by atoms with Gasteiger partial charge in [0, 0.05) is 38.6 Å². The van der Waals surface area contributed by atoms with E-state index in [9.17, 15) is 4.79 Å². The first-order chi connectivity index (χ1) is 12.8. The number of likely N-dealkylation sites (tertiary alicyclic amines) is 2. The zero-order valence-electron chi connectivity index (χ0n) is 15.9. The Bertz CT molecular complexity index is 582. The number of nitrogens with zero attached hydrogens (tertiary/aromatic N) is 2. The highest BCUT2D eigenvalue weighted by Crippen LogP contribution is 2.37. The molecule has 2 aliphatic heterocycles. The van der Waals surface area contributed by atoms with Crippen LogP contribution in [0.25, 0.3) is 0 Å². The molecule has 1 saturated carbocycles. The summed E-state index contributed by atoms with van der Waals surface area (Å²) in [6.45, 7) is 6.25. The van der Waals surface area contributed by atoms with Crippen molar-refractivity contribution in [2.45, 2.75) is 50.5 Å². The van der Waals surface area contributed by atoms with Gasteiger partial charge in [-0.2, -0.15) is 0 Å². The van der Waals surface area contributed by atoms with E-state index in [1.807, 2.05) is 0 Å². The van der Waals surface area contributed by atoms with Gasteiger partial charge < -0.3 is 10.2 Å². The van der Waals surface area contributed by atoms with Crippen molar-refractivity contribution in [1.29, 1.82) is 0 Å². The Labute approximate surface area is 157 Å². The predicted octanol–water partition coefficient (Wildman–Crippen LogP) is 2.86. The summed E-state index contributed by atoms with van der Waals surface area (Å²) >= 11 is 0. The Morgan fingerprint density at radius 1 is 1.04 bits per heavy atom. The molecule has 2 saturated heterocycles. The van der Waals surface area contributed by atoms with Crippen LogP contribution in [0.2, 0.25) is 0 Å². The maximum atomic E-state index is 12.1. The smallest absolute Gasteiger partial charge is 0.221 e. The molecule has 3 aliphatic rings. The van der Waals surface area contributed by atoms with E-state index < -0.39 is 0 Å². The van der Waals surface area contributed by atoms with E-state index in [1.54, 1.807) is 0 Å². The molecule has 1 aromatic rings. The maximum Gasteiger partial charge on any atom is 0.221 e. The lowest BCUT2D eigenvalue weighted by molar-refractivity contribution is -0.121. The number of carbonyl (C=O) groups excluding carboxylic acids is 1. The fourth-order valence-corrected chi connectivity index (χ4v) is 5.20. The lowest BCUT2D eigenvalue weighted by Crippen LogP contribution is -2.40. The van der Waals surface area contributed by atoms with Crippen LogP contribution >= 0.6 is 0 Å². The quantitative estimate of drug-likeness (QED) is 0.817. The molecular weight excluding hydrogens is 322 g/mol. The van der Waals surface area contributed by atoms with Crippen molar-refractivity contribution >= 4 is 5.91 Å². The molecule has 26 heavy (non-hydrogen) atoms. The summed E-state index contributed by atoms with van der Waals surface area (Å²) in [6.07, 6.45) is 7.27. The van der Waals surface area contributed by atoms with Crippen molar-refractivity contribution in [2.75, 3.05) is 39.3 Å². The zero-order chi connectivity index (χ0) is 17.8. The predicted molar refractivity (Wildman–Crippen MR) is 105 cm³/mol. The average Bonchev–Trinajstić information content (AvgIpc) is 3.31. The highest BCUT2D eigenvalue weighted by atomic mass is 16.1. The fourth-order valence-electron chi connectivity index (χ4n) is 5.20. The van der Waals surface area contributed by atoms with Gasteiger partial charge in [-0.25, -0.2) is 0 Å². The second kappa shape index (κ2) is 8.53. The van der Waals surface area contributed by atoms with Gasteiger partial charge in [0.05, 0.1) is 0 Å². The first-order valence-corrected chi connectivity index (χ1v) is 10.6. The third-order valence-corrected chi connectivity index (χ3v) is 6.76. The maximum absolute atomic E-state index is 12.1. The molecule has 2 atom stereocenters. The molecule has 4 nitrogen and oxygen atoms in total. The fraction of sp³-hybridized carbons (Fsp3) is 0.682. The molecule has 142 valence electrons.